The van der Waals surface area contributed by atoms with Crippen LogP contribution < -0.4 is 10.6 Å². The zero-order valence-corrected chi connectivity index (χ0v) is 14.9. The summed E-state index contributed by atoms with van der Waals surface area (Å²) >= 11 is 0. The van der Waals surface area contributed by atoms with Crippen molar-refractivity contribution in [2.45, 2.75) is 46.1 Å². The van der Waals surface area contributed by atoms with Crippen molar-refractivity contribution in [2.24, 2.45) is 11.8 Å². The minimum Gasteiger partial charge on any atom is -0.326 e. The normalized spacial score (nSPS) is 17.3. The van der Waals surface area contributed by atoms with Crippen LogP contribution in [0.2, 0.25) is 0 Å². The molecule has 3 rings (SSSR count). The van der Waals surface area contributed by atoms with Gasteiger partial charge in [-0.2, -0.15) is 5.10 Å². The maximum Gasteiger partial charge on any atom is 0.224 e. The average molecular weight is 328 g/mol. The number of nitrogens with zero attached hydrogens (tertiary/aromatic N) is 2. The molecule has 0 aliphatic carbocycles. The molecule has 2 N–H and O–H groups in total. The van der Waals surface area contributed by atoms with Gasteiger partial charge >= 0.3 is 0 Å². The number of carbonyl (C=O) groups is 1. The number of fused-ring (bicyclic) bond motifs is 1. The van der Waals surface area contributed by atoms with Crippen molar-refractivity contribution in [3.8, 4) is 0 Å². The van der Waals surface area contributed by atoms with Crippen LogP contribution in [0.5, 0.6) is 0 Å². The Morgan fingerprint density at radius 2 is 2.08 bits per heavy atom. The molecule has 24 heavy (non-hydrogen) atoms. The van der Waals surface area contributed by atoms with E-state index < -0.39 is 0 Å². The summed E-state index contributed by atoms with van der Waals surface area (Å²) in [5.41, 5.74) is 1.92. The van der Waals surface area contributed by atoms with Gasteiger partial charge in [0, 0.05) is 23.5 Å². The highest BCUT2D eigenvalue weighted by molar-refractivity contribution is 5.93. The lowest BCUT2D eigenvalue weighted by atomic mass is 9.84. The highest BCUT2D eigenvalue weighted by atomic mass is 16.1. The van der Waals surface area contributed by atoms with Crippen LogP contribution in [0.15, 0.2) is 24.4 Å². The number of benzene rings is 1. The van der Waals surface area contributed by atoms with Crippen LogP contribution in [0.25, 0.3) is 10.9 Å². The summed E-state index contributed by atoms with van der Waals surface area (Å²) in [6, 6.07) is 6.30. The van der Waals surface area contributed by atoms with Crippen molar-refractivity contribution < 1.29 is 4.79 Å². The molecule has 1 saturated heterocycles. The fourth-order valence-electron chi connectivity index (χ4n) is 3.61. The van der Waals surface area contributed by atoms with E-state index in [0.717, 1.165) is 29.7 Å². The maximum absolute atomic E-state index is 12.4. The number of nitrogens with one attached hydrogen (secondary N) is 2. The van der Waals surface area contributed by atoms with E-state index in [1.165, 1.54) is 12.8 Å². The highest BCUT2D eigenvalue weighted by Crippen LogP contribution is 2.26. The van der Waals surface area contributed by atoms with Gasteiger partial charge in [0.2, 0.25) is 5.91 Å². The molecule has 0 radical (unpaired) electrons. The first kappa shape index (κ1) is 17.0. The number of hydrogen-bond acceptors (Lipinski definition) is 3. The molecule has 1 aliphatic heterocycles. The largest absolute Gasteiger partial charge is 0.326 e. The average Bonchev–Trinajstić information content (AvgIpc) is 2.99. The van der Waals surface area contributed by atoms with E-state index in [1.807, 2.05) is 29.1 Å². The van der Waals surface area contributed by atoms with Crippen LogP contribution in [-0.4, -0.2) is 28.8 Å². The standard InChI is InChI=1S/C19H28N4O/c1-13(2)23-18-11-17(5-4-16(18)12-21-23)22-19(24)10-14(3)15-6-8-20-9-7-15/h4-5,11-15,20H,6-10H2,1-3H3,(H,22,24). The molecule has 1 amide bonds. The van der Waals surface area contributed by atoms with Crippen LogP contribution in [-0.2, 0) is 4.79 Å². The molecule has 1 fully saturated rings. The lowest BCUT2D eigenvalue weighted by Crippen LogP contribution is -2.32. The lowest BCUT2D eigenvalue weighted by molar-refractivity contribution is -0.117. The first-order valence-electron chi connectivity index (χ1n) is 9.02. The molecule has 1 atom stereocenters. The third-order valence-corrected chi connectivity index (χ3v) is 5.07. The van der Waals surface area contributed by atoms with Gasteiger partial charge in [0.15, 0.2) is 0 Å². The van der Waals surface area contributed by atoms with Gasteiger partial charge in [0.1, 0.15) is 0 Å². The molecule has 5 nitrogen and oxygen atoms in total. The fraction of sp³-hybridized carbons (Fsp3) is 0.579. The molecular weight excluding hydrogens is 300 g/mol. The van der Waals surface area contributed by atoms with Crippen LogP contribution in [0.4, 0.5) is 5.69 Å². The Labute approximate surface area is 143 Å². The van der Waals surface area contributed by atoms with E-state index >= 15 is 0 Å². The third-order valence-electron chi connectivity index (χ3n) is 5.07. The van der Waals surface area contributed by atoms with Gasteiger partial charge in [-0.15, -0.1) is 0 Å². The van der Waals surface area contributed by atoms with Crippen molar-refractivity contribution in [3.63, 3.8) is 0 Å². The van der Waals surface area contributed by atoms with Gasteiger partial charge in [-0.25, -0.2) is 0 Å². The Kier molecular flexibility index (Phi) is 5.19. The second-order valence-corrected chi connectivity index (χ2v) is 7.27. The summed E-state index contributed by atoms with van der Waals surface area (Å²) in [4.78, 5) is 12.4. The van der Waals surface area contributed by atoms with Crippen molar-refractivity contribution >= 4 is 22.5 Å². The second-order valence-electron chi connectivity index (χ2n) is 7.27. The van der Waals surface area contributed by atoms with Gasteiger partial charge in [0.25, 0.3) is 0 Å². The van der Waals surface area contributed by atoms with Gasteiger partial charge in [-0.1, -0.05) is 6.92 Å². The molecule has 1 aliphatic rings. The molecule has 0 spiro atoms. The topological polar surface area (TPSA) is 59.0 Å². The third kappa shape index (κ3) is 3.78. The molecule has 1 aromatic carbocycles. The van der Waals surface area contributed by atoms with Gasteiger partial charge in [-0.05, 0) is 69.8 Å². The SMILES string of the molecule is CC(CC(=O)Nc1ccc2cnn(C(C)C)c2c1)C1CCNCC1. The van der Waals surface area contributed by atoms with Gasteiger partial charge < -0.3 is 10.6 Å². The summed E-state index contributed by atoms with van der Waals surface area (Å²) in [6.07, 6.45) is 4.81. The zero-order chi connectivity index (χ0) is 17.1. The molecule has 2 heterocycles. The van der Waals surface area contributed by atoms with E-state index in [2.05, 4.69) is 36.5 Å². The fourth-order valence-corrected chi connectivity index (χ4v) is 3.61. The quantitative estimate of drug-likeness (QED) is 0.882. The zero-order valence-electron chi connectivity index (χ0n) is 14.9. The van der Waals surface area contributed by atoms with Crippen LogP contribution >= 0.6 is 0 Å². The number of anilines is 1. The molecule has 2 aromatic rings. The highest BCUT2D eigenvalue weighted by Gasteiger charge is 2.22. The van der Waals surface area contributed by atoms with Crippen molar-refractivity contribution in [3.05, 3.63) is 24.4 Å². The van der Waals surface area contributed by atoms with E-state index in [0.29, 0.717) is 24.3 Å². The Hall–Kier alpha value is -1.88. The molecule has 130 valence electrons. The Morgan fingerprint density at radius 3 is 2.79 bits per heavy atom. The van der Waals surface area contributed by atoms with Gasteiger partial charge in [0.05, 0.1) is 11.7 Å². The molecular formula is C19H28N4O. The second kappa shape index (κ2) is 7.34. The van der Waals surface area contributed by atoms with E-state index in [4.69, 9.17) is 0 Å². The summed E-state index contributed by atoms with van der Waals surface area (Å²) in [7, 11) is 0. The minimum atomic E-state index is 0.107. The number of piperidine rings is 1. The van der Waals surface area contributed by atoms with Crippen LogP contribution in [0.1, 0.15) is 46.1 Å². The van der Waals surface area contributed by atoms with E-state index in [1.54, 1.807) is 0 Å². The van der Waals surface area contributed by atoms with Crippen molar-refractivity contribution in [2.75, 3.05) is 18.4 Å². The number of aromatic nitrogens is 2. The van der Waals surface area contributed by atoms with Gasteiger partial charge in [-0.3, -0.25) is 9.48 Å². The maximum atomic E-state index is 12.4. The van der Waals surface area contributed by atoms with E-state index in [-0.39, 0.29) is 5.91 Å². The lowest BCUT2D eigenvalue weighted by Gasteiger charge is -2.27. The van der Waals surface area contributed by atoms with Crippen LogP contribution in [0.3, 0.4) is 0 Å². The Morgan fingerprint density at radius 1 is 1.33 bits per heavy atom. The predicted octanol–water partition coefficient (Wildman–Crippen LogP) is 3.58. The van der Waals surface area contributed by atoms with E-state index in [9.17, 15) is 4.79 Å². The summed E-state index contributed by atoms with van der Waals surface area (Å²) in [6.45, 7) is 8.57. The predicted molar refractivity (Wildman–Crippen MR) is 98.1 cm³/mol. The van der Waals surface area contributed by atoms with Crippen LogP contribution in [0, 0.1) is 11.8 Å². The number of amides is 1. The minimum absolute atomic E-state index is 0.107. The first-order valence-corrected chi connectivity index (χ1v) is 9.02. The Balaban J connectivity index is 1.65. The Bertz CT molecular complexity index is 700. The smallest absolute Gasteiger partial charge is 0.224 e. The molecule has 1 unspecified atom stereocenters. The van der Waals surface area contributed by atoms with Crippen molar-refractivity contribution in [1.82, 2.24) is 15.1 Å². The summed E-state index contributed by atoms with van der Waals surface area (Å²) in [5.74, 6) is 1.19. The summed E-state index contributed by atoms with van der Waals surface area (Å²) in [5, 5.41) is 12.0. The molecule has 0 saturated carbocycles. The number of rotatable bonds is 5. The number of carbonyl (C=O) groups excluding carboxylic acids is 1. The molecule has 1 aromatic heterocycles. The molecule has 0 bridgehead atoms. The van der Waals surface area contributed by atoms with Crippen molar-refractivity contribution in [1.29, 1.82) is 0 Å². The number of hydrogen-bond donors (Lipinski definition) is 2. The first-order chi connectivity index (χ1) is 11.5. The summed E-state index contributed by atoms with van der Waals surface area (Å²) < 4.78 is 1.99. The monoisotopic (exact) mass is 328 g/mol. The molecule has 5 heteroatoms.